The molecule has 0 saturated heterocycles. The summed E-state index contributed by atoms with van der Waals surface area (Å²) in [6.45, 7) is 0. The van der Waals surface area contributed by atoms with Gasteiger partial charge in [0.25, 0.3) is 5.88 Å². The van der Waals surface area contributed by atoms with E-state index in [1.165, 1.54) is 11.2 Å². The number of aromatic amines is 1. The first kappa shape index (κ1) is 29.2. The molecule has 0 spiro atoms. The van der Waals surface area contributed by atoms with Crippen LogP contribution >= 0.6 is 0 Å². The van der Waals surface area contributed by atoms with Crippen LogP contribution in [0.5, 0.6) is 11.6 Å². The topological polar surface area (TPSA) is 105 Å². The normalized spacial score (nSPS) is 11.2. The lowest BCUT2D eigenvalue weighted by molar-refractivity contribution is 0.209. The maximum Gasteiger partial charge on any atom is 0.425 e. The number of rotatable bonds is 9. The lowest BCUT2D eigenvalue weighted by atomic mass is 9.77. The Balaban J connectivity index is 1.36. The molecule has 47 heavy (non-hydrogen) atoms. The van der Waals surface area contributed by atoms with Crippen molar-refractivity contribution in [1.82, 2.24) is 19.9 Å². The van der Waals surface area contributed by atoms with E-state index in [-0.39, 0.29) is 11.8 Å². The van der Waals surface area contributed by atoms with Crippen molar-refractivity contribution in [2.75, 3.05) is 17.3 Å². The van der Waals surface area contributed by atoms with Gasteiger partial charge in [0.2, 0.25) is 5.95 Å². The van der Waals surface area contributed by atoms with Crippen LogP contribution in [0.2, 0.25) is 0 Å². The lowest BCUT2D eigenvalue weighted by Crippen LogP contribution is -2.39. The van der Waals surface area contributed by atoms with Gasteiger partial charge in [-0.05, 0) is 53.1 Å². The maximum atomic E-state index is 14.0. The summed E-state index contributed by atoms with van der Waals surface area (Å²) >= 11 is 0. The third-order valence-corrected chi connectivity index (χ3v) is 7.88. The SMILES string of the molecule is COc1ccc(C(Nc2nc(OC(=O)N(c3ccccc3)c3ccccc3)c3[nH]cnc3n2)(c2ccccc2)c2ccccc2)cc1. The number of methoxy groups -OCH3 is 1. The molecule has 7 aromatic rings. The zero-order valence-electron chi connectivity index (χ0n) is 25.4. The Morgan fingerprint density at radius 1 is 0.681 bits per heavy atom. The number of H-pyrrole nitrogens is 1. The van der Waals surface area contributed by atoms with E-state index in [1.807, 2.05) is 121 Å². The first-order valence-electron chi connectivity index (χ1n) is 15.0. The minimum absolute atomic E-state index is 0.0293. The first-order valence-corrected chi connectivity index (χ1v) is 15.0. The van der Waals surface area contributed by atoms with Crippen LogP contribution in [0.15, 0.2) is 152 Å². The number of carbonyl (C=O) groups is 1. The maximum absolute atomic E-state index is 14.0. The van der Waals surface area contributed by atoms with Crippen molar-refractivity contribution >= 4 is 34.6 Å². The molecule has 0 bridgehead atoms. The number of amides is 1. The van der Waals surface area contributed by atoms with E-state index in [0.29, 0.717) is 22.5 Å². The predicted octanol–water partition coefficient (Wildman–Crippen LogP) is 8.10. The van der Waals surface area contributed by atoms with Gasteiger partial charge >= 0.3 is 6.09 Å². The number of para-hydroxylation sites is 2. The summed E-state index contributed by atoms with van der Waals surface area (Å²) in [6.07, 6.45) is 0.855. The van der Waals surface area contributed by atoms with Crippen LogP contribution in [0, 0.1) is 0 Å². The number of hydrogen-bond acceptors (Lipinski definition) is 7. The summed E-state index contributed by atoms with van der Waals surface area (Å²) < 4.78 is 11.5. The average Bonchev–Trinajstić information content (AvgIpc) is 3.62. The number of nitrogens with zero attached hydrogens (tertiary/aromatic N) is 4. The van der Waals surface area contributed by atoms with Crippen LogP contribution in [0.3, 0.4) is 0 Å². The van der Waals surface area contributed by atoms with Gasteiger partial charge in [0.05, 0.1) is 24.8 Å². The number of hydrogen-bond donors (Lipinski definition) is 2. The Bertz CT molecular complexity index is 2010. The van der Waals surface area contributed by atoms with Crippen molar-refractivity contribution < 1.29 is 14.3 Å². The molecule has 9 nitrogen and oxygen atoms in total. The number of fused-ring (bicyclic) bond motifs is 1. The minimum atomic E-state index is -0.958. The van der Waals surface area contributed by atoms with Gasteiger partial charge in [0.15, 0.2) is 5.65 Å². The zero-order chi connectivity index (χ0) is 32.1. The van der Waals surface area contributed by atoms with E-state index in [0.717, 1.165) is 22.4 Å². The molecule has 2 N–H and O–H groups in total. The molecule has 0 fully saturated rings. The first-order chi connectivity index (χ1) is 23.2. The molecule has 5 aromatic carbocycles. The molecule has 1 amide bonds. The Morgan fingerprint density at radius 2 is 1.19 bits per heavy atom. The van der Waals surface area contributed by atoms with Crippen LogP contribution in [0.4, 0.5) is 22.1 Å². The number of carbonyl (C=O) groups excluding carboxylic acids is 1. The number of ether oxygens (including phenoxy) is 2. The van der Waals surface area contributed by atoms with Crippen molar-refractivity contribution in [1.29, 1.82) is 0 Å². The van der Waals surface area contributed by atoms with Gasteiger partial charge in [0.1, 0.15) is 16.8 Å². The summed E-state index contributed by atoms with van der Waals surface area (Å²) in [6, 6.07) is 46.6. The van der Waals surface area contributed by atoms with Crippen molar-refractivity contribution in [3.63, 3.8) is 0 Å². The van der Waals surface area contributed by atoms with Gasteiger partial charge in [0, 0.05) is 0 Å². The fourth-order valence-electron chi connectivity index (χ4n) is 5.68. The van der Waals surface area contributed by atoms with Crippen LogP contribution in [-0.4, -0.2) is 33.1 Å². The van der Waals surface area contributed by atoms with Gasteiger partial charge in [-0.2, -0.15) is 9.97 Å². The van der Waals surface area contributed by atoms with Gasteiger partial charge in [-0.1, -0.05) is 109 Å². The summed E-state index contributed by atoms with van der Waals surface area (Å²) in [5, 5.41) is 3.65. The molecule has 7 rings (SSSR count). The quantitative estimate of drug-likeness (QED) is 0.158. The molecule has 2 aromatic heterocycles. The summed E-state index contributed by atoms with van der Waals surface area (Å²) in [5.74, 6) is 0.970. The molecule has 230 valence electrons. The molecule has 0 saturated carbocycles. The largest absolute Gasteiger partial charge is 0.497 e. The Labute approximate surface area is 271 Å². The number of anilines is 3. The molecule has 0 aliphatic carbocycles. The van der Waals surface area contributed by atoms with Crippen LogP contribution in [0.1, 0.15) is 16.7 Å². The number of imidazole rings is 1. The Morgan fingerprint density at radius 3 is 1.72 bits per heavy atom. The van der Waals surface area contributed by atoms with Crippen molar-refractivity contribution in [2.24, 2.45) is 0 Å². The van der Waals surface area contributed by atoms with Crippen LogP contribution in [0.25, 0.3) is 11.2 Å². The fourth-order valence-corrected chi connectivity index (χ4v) is 5.68. The van der Waals surface area contributed by atoms with E-state index in [1.54, 1.807) is 7.11 Å². The molecule has 0 radical (unpaired) electrons. The molecule has 9 heteroatoms. The lowest BCUT2D eigenvalue weighted by Gasteiger charge is -2.37. The van der Waals surface area contributed by atoms with Crippen molar-refractivity contribution in [3.05, 3.63) is 169 Å². The predicted molar refractivity (Wildman–Crippen MR) is 182 cm³/mol. The second kappa shape index (κ2) is 12.9. The average molecular weight is 619 g/mol. The van der Waals surface area contributed by atoms with E-state index in [9.17, 15) is 4.79 Å². The molecule has 0 unspecified atom stereocenters. The van der Waals surface area contributed by atoms with Gasteiger partial charge in [-0.3, -0.25) is 0 Å². The van der Waals surface area contributed by atoms with Gasteiger partial charge < -0.3 is 19.8 Å². The number of aromatic nitrogens is 4. The third-order valence-electron chi connectivity index (χ3n) is 7.88. The standard InChI is InChI=1S/C38H30N6O3/c1-46-32-24-22-29(23-25-32)38(27-14-6-2-7-15-27,28-16-8-3-9-17-28)43-36-41-34-33(39-26-40-34)35(42-36)47-37(45)44(30-18-10-4-11-19-30)31-20-12-5-13-21-31/h2-26H,1H3,(H2,39,40,41,42,43). The smallest absolute Gasteiger partial charge is 0.425 e. The monoisotopic (exact) mass is 618 g/mol. The van der Waals surface area contributed by atoms with Gasteiger partial charge in [-0.25, -0.2) is 14.7 Å². The van der Waals surface area contributed by atoms with Crippen LogP contribution in [-0.2, 0) is 5.54 Å². The Kier molecular flexibility index (Phi) is 8.00. The molecule has 0 atom stereocenters. The van der Waals surface area contributed by atoms with Crippen LogP contribution < -0.4 is 19.7 Å². The van der Waals surface area contributed by atoms with E-state index in [2.05, 4.69) is 39.6 Å². The molecule has 2 heterocycles. The highest BCUT2D eigenvalue weighted by molar-refractivity contribution is 5.98. The second-order valence-corrected chi connectivity index (χ2v) is 10.7. The number of nitrogens with one attached hydrogen (secondary N) is 2. The Hall–Kier alpha value is -6.48. The highest BCUT2D eigenvalue weighted by Gasteiger charge is 2.38. The van der Waals surface area contributed by atoms with Crippen molar-refractivity contribution in [3.8, 4) is 11.6 Å². The van der Waals surface area contributed by atoms with Gasteiger partial charge in [-0.15, -0.1) is 0 Å². The van der Waals surface area contributed by atoms with Crippen molar-refractivity contribution in [2.45, 2.75) is 5.54 Å². The molecule has 0 aliphatic rings. The minimum Gasteiger partial charge on any atom is -0.497 e. The summed E-state index contributed by atoms with van der Waals surface area (Å²) in [4.78, 5) is 32.5. The van der Waals surface area contributed by atoms with E-state index >= 15 is 0 Å². The molecular formula is C38H30N6O3. The third kappa shape index (κ3) is 5.73. The van der Waals surface area contributed by atoms with E-state index in [4.69, 9.17) is 19.4 Å². The summed E-state index contributed by atoms with van der Waals surface area (Å²) in [5.41, 5.74) is 3.85. The second-order valence-electron chi connectivity index (χ2n) is 10.7. The zero-order valence-corrected chi connectivity index (χ0v) is 25.4. The highest BCUT2D eigenvalue weighted by Crippen LogP contribution is 2.40. The molecule has 0 aliphatic heterocycles. The van der Waals surface area contributed by atoms with E-state index < -0.39 is 11.6 Å². The fraction of sp³-hybridized carbons (Fsp3) is 0.0526. The highest BCUT2D eigenvalue weighted by atomic mass is 16.6. The summed E-state index contributed by atoms with van der Waals surface area (Å²) in [7, 11) is 1.64. The number of benzene rings is 5. The molecular weight excluding hydrogens is 588 g/mol.